The summed E-state index contributed by atoms with van der Waals surface area (Å²) in [5.41, 5.74) is 1.63. The first-order valence-corrected chi connectivity index (χ1v) is 8.37. The second-order valence-electron chi connectivity index (χ2n) is 5.71. The molecule has 0 fully saturated rings. The van der Waals surface area contributed by atoms with Crippen LogP contribution in [0.5, 0.6) is 5.75 Å². The molecule has 0 aliphatic carbocycles. The number of quaternary nitrogens is 1. The number of anilines is 1. The van der Waals surface area contributed by atoms with Gasteiger partial charge < -0.3 is 15.0 Å². The maximum absolute atomic E-state index is 12.5. The zero-order valence-electron chi connectivity index (χ0n) is 13.9. The number of likely N-dealkylation sites (N-methyl/N-ethyl adjacent to an activating group) is 1. The number of rotatable bonds is 6. The van der Waals surface area contributed by atoms with E-state index in [0.29, 0.717) is 22.3 Å². The zero-order chi connectivity index (χ0) is 17.7. The molecule has 128 valence electrons. The summed E-state index contributed by atoms with van der Waals surface area (Å²) in [7, 11) is 3.61. The van der Waals surface area contributed by atoms with Gasteiger partial charge in [-0.1, -0.05) is 35.3 Å². The molecule has 0 aromatic heterocycles. The van der Waals surface area contributed by atoms with E-state index < -0.39 is 0 Å². The number of amides is 1. The van der Waals surface area contributed by atoms with Crippen LogP contribution in [-0.4, -0.2) is 26.1 Å². The molecule has 0 heterocycles. The lowest BCUT2D eigenvalue weighted by atomic mass is 10.1. The lowest BCUT2D eigenvalue weighted by Gasteiger charge is -2.21. The number of hydrogen-bond donors (Lipinski definition) is 2. The smallest absolute Gasteiger partial charge is 0.282 e. The lowest BCUT2D eigenvalue weighted by molar-refractivity contribution is -0.907. The van der Waals surface area contributed by atoms with Crippen LogP contribution in [0, 0.1) is 0 Å². The minimum Gasteiger partial charge on any atom is -0.497 e. The third kappa shape index (κ3) is 4.87. The summed E-state index contributed by atoms with van der Waals surface area (Å²) in [6, 6.07) is 12.6. The van der Waals surface area contributed by atoms with Gasteiger partial charge in [0.25, 0.3) is 5.91 Å². The Morgan fingerprint density at radius 3 is 2.71 bits per heavy atom. The minimum absolute atomic E-state index is 0.112. The van der Waals surface area contributed by atoms with E-state index in [2.05, 4.69) is 5.32 Å². The predicted octanol–water partition coefficient (Wildman–Crippen LogP) is 3.04. The van der Waals surface area contributed by atoms with Crippen LogP contribution >= 0.6 is 23.2 Å². The number of carbonyl (C=O) groups excluding carboxylic acids is 1. The molecule has 0 saturated heterocycles. The molecule has 0 aliphatic rings. The Labute approximate surface area is 152 Å². The molecule has 2 aromatic rings. The highest BCUT2D eigenvalue weighted by atomic mass is 35.5. The van der Waals surface area contributed by atoms with Crippen molar-refractivity contribution in [3.05, 3.63) is 58.1 Å². The summed E-state index contributed by atoms with van der Waals surface area (Å²) in [5.74, 6) is 0.697. The molecule has 2 aromatic carbocycles. The van der Waals surface area contributed by atoms with E-state index >= 15 is 0 Å². The van der Waals surface area contributed by atoms with E-state index in [9.17, 15) is 4.79 Å². The van der Waals surface area contributed by atoms with Crippen molar-refractivity contribution in [3.63, 3.8) is 0 Å². The highest BCUT2D eigenvalue weighted by molar-refractivity contribution is 6.35. The summed E-state index contributed by atoms with van der Waals surface area (Å²) in [4.78, 5) is 13.5. The maximum Gasteiger partial charge on any atom is 0.282 e. The highest BCUT2D eigenvalue weighted by Gasteiger charge is 2.23. The molecule has 1 unspecified atom stereocenters. The Bertz CT molecular complexity index is 722. The summed E-state index contributed by atoms with van der Waals surface area (Å²) >= 11 is 12.0. The van der Waals surface area contributed by atoms with Crippen molar-refractivity contribution in [2.45, 2.75) is 19.5 Å². The molecule has 2 N–H and O–H groups in total. The largest absolute Gasteiger partial charge is 0.497 e. The van der Waals surface area contributed by atoms with Crippen molar-refractivity contribution in [1.82, 2.24) is 0 Å². The average Bonchev–Trinajstić information content (AvgIpc) is 2.57. The normalized spacial score (nSPS) is 13.2. The lowest BCUT2D eigenvalue weighted by Crippen LogP contribution is -3.12. The van der Waals surface area contributed by atoms with Crippen LogP contribution in [0.2, 0.25) is 10.0 Å². The molecule has 24 heavy (non-hydrogen) atoms. The highest BCUT2D eigenvalue weighted by Crippen LogP contribution is 2.25. The first-order chi connectivity index (χ1) is 11.4. The number of benzene rings is 2. The van der Waals surface area contributed by atoms with Gasteiger partial charge in [-0.25, -0.2) is 0 Å². The molecule has 0 saturated carbocycles. The first kappa shape index (κ1) is 18.6. The summed E-state index contributed by atoms with van der Waals surface area (Å²) in [5, 5.41) is 3.83. The van der Waals surface area contributed by atoms with Crippen molar-refractivity contribution in [1.29, 1.82) is 0 Å². The number of carbonyl (C=O) groups is 1. The van der Waals surface area contributed by atoms with E-state index in [0.717, 1.165) is 16.2 Å². The Kier molecular flexibility index (Phi) is 6.49. The van der Waals surface area contributed by atoms with Gasteiger partial charge in [-0.2, -0.15) is 0 Å². The third-order valence-corrected chi connectivity index (χ3v) is 4.50. The maximum atomic E-state index is 12.5. The van der Waals surface area contributed by atoms with Gasteiger partial charge in [-0.05, 0) is 37.3 Å². The average molecular weight is 368 g/mol. The summed E-state index contributed by atoms with van der Waals surface area (Å²) in [6.45, 7) is 2.58. The molecule has 0 bridgehead atoms. The van der Waals surface area contributed by atoms with E-state index in [1.165, 1.54) is 0 Å². The van der Waals surface area contributed by atoms with Gasteiger partial charge >= 0.3 is 0 Å². The number of methoxy groups -OCH3 is 1. The summed E-state index contributed by atoms with van der Waals surface area (Å²) < 4.78 is 5.23. The van der Waals surface area contributed by atoms with Crippen LogP contribution in [0.1, 0.15) is 12.5 Å². The molecule has 4 nitrogen and oxygen atoms in total. The van der Waals surface area contributed by atoms with Crippen LogP contribution in [0.4, 0.5) is 5.69 Å². The van der Waals surface area contributed by atoms with Crippen molar-refractivity contribution in [2.75, 3.05) is 19.5 Å². The molecule has 1 amide bonds. The van der Waals surface area contributed by atoms with Crippen LogP contribution in [0.3, 0.4) is 0 Å². The predicted molar refractivity (Wildman–Crippen MR) is 98.1 cm³/mol. The Morgan fingerprint density at radius 2 is 2.00 bits per heavy atom. The van der Waals surface area contributed by atoms with Crippen LogP contribution < -0.4 is 15.0 Å². The van der Waals surface area contributed by atoms with Crippen LogP contribution in [-0.2, 0) is 11.3 Å². The monoisotopic (exact) mass is 367 g/mol. The molecule has 0 spiro atoms. The fourth-order valence-electron chi connectivity index (χ4n) is 2.32. The van der Waals surface area contributed by atoms with E-state index in [1.54, 1.807) is 25.3 Å². The van der Waals surface area contributed by atoms with E-state index in [4.69, 9.17) is 27.9 Å². The van der Waals surface area contributed by atoms with Gasteiger partial charge in [0.1, 0.15) is 12.3 Å². The second kappa shape index (κ2) is 8.38. The second-order valence-corrected chi connectivity index (χ2v) is 6.55. The third-order valence-electron chi connectivity index (χ3n) is 3.94. The van der Waals surface area contributed by atoms with Crippen molar-refractivity contribution >= 4 is 34.8 Å². The Balaban J connectivity index is 2.02. The van der Waals surface area contributed by atoms with Crippen molar-refractivity contribution in [2.24, 2.45) is 0 Å². The van der Waals surface area contributed by atoms with Crippen LogP contribution in [0.15, 0.2) is 42.5 Å². The van der Waals surface area contributed by atoms with Gasteiger partial charge in [0.2, 0.25) is 0 Å². The molecule has 2 rings (SSSR count). The number of halogens is 2. The zero-order valence-corrected chi connectivity index (χ0v) is 15.4. The van der Waals surface area contributed by atoms with E-state index in [1.807, 2.05) is 38.2 Å². The fraction of sp³-hybridized carbons (Fsp3) is 0.278. The van der Waals surface area contributed by atoms with Gasteiger partial charge in [-0.3, -0.25) is 4.79 Å². The van der Waals surface area contributed by atoms with Gasteiger partial charge in [0.15, 0.2) is 6.04 Å². The van der Waals surface area contributed by atoms with Crippen molar-refractivity contribution in [3.8, 4) is 5.75 Å². The molecular weight excluding hydrogens is 347 g/mol. The SMILES string of the molecule is COc1cccc(C[NH+](C)[C@@H](C)C(=O)Nc2cc(Cl)ccc2Cl)c1. The Hall–Kier alpha value is -1.75. The molecule has 0 aliphatic heterocycles. The minimum atomic E-state index is -0.258. The fourth-order valence-corrected chi connectivity index (χ4v) is 2.65. The molecule has 6 heteroatoms. The van der Waals surface area contributed by atoms with E-state index in [-0.39, 0.29) is 11.9 Å². The standard InChI is InChI=1S/C18H20Cl2N2O2/c1-12(18(23)21-17-10-14(19)7-8-16(17)20)22(2)11-13-5-4-6-15(9-13)24-3/h4-10,12H,11H2,1-3H3,(H,21,23)/p+1/t12-/m0/s1. The topological polar surface area (TPSA) is 42.8 Å². The molecule has 2 atom stereocenters. The number of nitrogens with one attached hydrogen (secondary N) is 2. The van der Waals surface area contributed by atoms with Gasteiger partial charge in [0, 0.05) is 10.6 Å². The number of ether oxygens (including phenoxy) is 1. The van der Waals surface area contributed by atoms with Gasteiger partial charge in [0.05, 0.1) is 24.9 Å². The summed E-state index contributed by atoms with van der Waals surface area (Å²) in [6.07, 6.45) is 0. The first-order valence-electron chi connectivity index (χ1n) is 7.62. The molecular formula is C18H21Cl2N2O2+. The quantitative estimate of drug-likeness (QED) is 0.823. The van der Waals surface area contributed by atoms with Crippen molar-refractivity contribution < 1.29 is 14.4 Å². The Morgan fingerprint density at radius 1 is 1.25 bits per heavy atom. The van der Waals surface area contributed by atoms with Gasteiger partial charge in [-0.15, -0.1) is 0 Å². The number of hydrogen-bond acceptors (Lipinski definition) is 2. The molecule has 0 radical (unpaired) electrons. The van der Waals surface area contributed by atoms with Crippen LogP contribution in [0.25, 0.3) is 0 Å².